The second kappa shape index (κ2) is 10.4. The van der Waals surface area contributed by atoms with Gasteiger partial charge in [-0.1, -0.05) is 13.8 Å². The van der Waals surface area contributed by atoms with Crippen molar-refractivity contribution in [2.24, 2.45) is 11.7 Å². The van der Waals surface area contributed by atoms with Crippen LogP contribution in [0.2, 0.25) is 0 Å². The van der Waals surface area contributed by atoms with Crippen molar-refractivity contribution in [3.8, 4) is 5.75 Å². The van der Waals surface area contributed by atoms with Crippen LogP contribution in [0.1, 0.15) is 26.7 Å². The first-order valence-electron chi connectivity index (χ1n) is 9.23. The van der Waals surface area contributed by atoms with Crippen LogP contribution < -0.4 is 15.8 Å². The molecule has 0 aliphatic carbocycles. The number of amides is 1. The number of rotatable bonds is 9. The van der Waals surface area contributed by atoms with Gasteiger partial charge in [-0.05, 0) is 56.1 Å². The Kier molecular flexibility index (Phi) is 8.18. The number of likely N-dealkylation sites (N-methyl/N-ethyl adjacent to an activating group) is 1. The number of ether oxygens (including phenoxy) is 2. The predicted molar refractivity (Wildman–Crippen MR) is 99.9 cm³/mol. The Bertz CT molecular complexity index is 511. The average Bonchev–Trinajstić information content (AvgIpc) is 2.66. The molecule has 1 heterocycles. The number of nitrogens with zero attached hydrogens (tertiary/aromatic N) is 1. The minimum Gasteiger partial charge on any atom is -0.492 e. The lowest BCUT2D eigenvalue weighted by molar-refractivity contribution is -0.119. The summed E-state index contributed by atoms with van der Waals surface area (Å²) in [6.07, 6.45) is 1.68. The molecule has 3 N–H and O–H groups in total. The number of hydrogen-bond donors (Lipinski definition) is 2. The summed E-state index contributed by atoms with van der Waals surface area (Å²) in [4.78, 5) is 14.6. The number of carbonyl (C=O) groups is 1. The van der Waals surface area contributed by atoms with Crippen LogP contribution in [-0.2, 0) is 9.53 Å². The zero-order valence-electron chi connectivity index (χ0n) is 15.4. The molecule has 1 atom stereocenters. The van der Waals surface area contributed by atoms with Gasteiger partial charge in [-0.25, -0.2) is 0 Å². The van der Waals surface area contributed by atoms with Gasteiger partial charge in [0.1, 0.15) is 12.4 Å². The highest BCUT2D eigenvalue weighted by Gasteiger charge is 2.26. The molecular formula is C19H31N3O3. The van der Waals surface area contributed by atoms with Crippen molar-refractivity contribution in [3.63, 3.8) is 0 Å². The highest BCUT2D eigenvalue weighted by molar-refractivity contribution is 5.94. The molecule has 1 amide bonds. The molecule has 1 fully saturated rings. The molecule has 1 saturated heterocycles. The van der Waals surface area contributed by atoms with E-state index in [0.717, 1.165) is 43.9 Å². The van der Waals surface area contributed by atoms with Gasteiger partial charge in [0.25, 0.3) is 0 Å². The van der Waals surface area contributed by atoms with E-state index in [0.29, 0.717) is 19.8 Å². The molecule has 1 aromatic rings. The van der Waals surface area contributed by atoms with Crippen molar-refractivity contribution in [1.82, 2.24) is 4.90 Å². The van der Waals surface area contributed by atoms with Gasteiger partial charge < -0.3 is 25.4 Å². The summed E-state index contributed by atoms with van der Waals surface area (Å²) in [7, 11) is 0. The Morgan fingerprint density at radius 1 is 1.28 bits per heavy atom. The fraction of sp³-hybridized carbons (Fsp3) is 0.632. The Morgan fingerprint density at radius 3 is 2.52 bits per heavy atom. The Hall–Kier alpha value is -1.63. The van der Waals surface area contributed by atoms with E-state index in [9.17, 15) is 4.79 Å². The summed E-state index contributed by atoms with van der Waals surface area (Å²) < 4.78 is 11.1. The van der Waals surface area contributed by atoms with Gasteiger partial charge in [0.2, 0.25) is 5.91 Å². The van der Waals surface area contributed by atoms with Gasteiger partial charge in [-0.3, -0.25) is 4.79 Å². The van der Waals surface area contributed by atoms with Crippen LogP contribution in [0.25, 0.3) is 0 Å². The molecule has 1 aliphatic rings. The second-order valence-corrected chi connectivity index (χ2v) is 6.36. The largest absolute Gasteiger partial charge is 0.492 e. The molecule has 0 aromatic heterocycles. The smallest absolute Gasteiger partial charge is 0.241 e. The van der Waals surface area contributed by atoms with Crippen molar-refractivity contribution in [3.05, 3.63) is 24.3 Å². The Labute approximate surface area is 150 Å². The summed E-state index contributed by atoms with van der Waals surface area (Å²) in [5.41, 5.74) is 6.83. The van der Waals surface area contributed by atoms with Crippen LogP contribution in [0.4, 0.5) is 5.69 Å². The number of hydrogen-bond acceptors (Lipinski definition) is 5. The summed E-state index contributed by atoms with van der Waals surface area (Å²) >= 11 is 0. The molecule has 140 valence electrons. The van der Waals surface area contributed by atoms with Crippen molar-refractivity contribution in [1.29, 1.82) is 0 Å². The minimum absolute atomic E-state index is 0.137. The van der Waals surface area contributed by atoms with Gasteiger partial charge in [-0.15, -0.1) is 0 Å². The first-order valence-corrected chi connectivity index (χ1v) is 9.23. The van der Waals surface area contributed by atoms with Crippen LogP contribution in [0.15, 0.2) is 24.3 Å². The SMILES string of the molecule is CCN(CC)CCOc1ccc(NC(=O)C(N)C2CCOCC2)cc1. The van der Waals surface area contributed by atoms with Gasteiger partial charge in [0, 0.05) is 25.4 Å². The van der Waals surface area contributed by atoms with Crippen molar-refractivity contribution in [2.75, 3.05) is 44.8 Å². The number of carbonyl (C=O) groups excluding carboxylic acids is 1. The predicted octanol–water partition coefficient (Wildman–Crippen LogP) is 2.10. The average molecular weight is 349 g/mol. The third-order valence-electron chi connectivity index (χ3n) is 4.77. The van der Waals surface area contributed by atoms with E-state index in [2.05, 4.69) is 24.1 Å². The van der Waals surface area contributed by atoms with E-state index in [1.54, 1.807) is 0 Å². The van der Waals surface area contributed by atoms with Gasteiger partial charge >= 0.3 is 0 Å². The van der Waals surface area contributed by atoms with Crippen LogP contribution >= 0.6 is 0 Å². The summed E-state index contributed by atoms with van der Waals surface area (Å²) in [5, 5.41) is 2.89. The number of anilines is 1. The maximum atomic E-state index is 12.3. The van der Waals surface area contributed by atoms with E-state index in [1.807, 2.05) is 24.3 Å². The number of nitrogens with two attached hydrogens (primary N) is 1. The zero-order valence-corrected chi connectivity index (χ0v) is 15.4. The Morgan fingerprint density at radius 2 is 1.92 bits per heavy atom. The molecule has 2 rings (SSSR count). The first kappa shape index (κ1) is 19.7. The fourth-order valence-electron chi connectivity index (χ4n) is 2.98. The molecule has 25 heavy (non-hydrogen) atoms. The van der Waals surface area contributed by atoms with E-state index in [-0.39, 0.29) is 11.8 Å². The van der Waals surface area contributed by atoms with E-state index in [1.165, 1.54) is 0 Å². The maximum absolute atomic E-state index is 12.3. The standard InChI is InChI=1S/C19H31N3O3/c1-3-22(4-2)11-14-25-17-7-5-16(6-8-17)21-19(23)18(20)15-9-12-24-13-10-15/h5-8,15,18H,3-4,9-14,20H2,1-2H3,(H,21,23). The molecule has 0 spiro atoms. The van der Waals surface area contributed by atoms with Crippen molar-refractivity contribution < 1.29 is 14.3 Å². The quantitative estimate of drug-likeness (QED) is 0.714. The van der Waals surface area contributed by atoms with Gasteiger partial charge in [0.15, 0.2) is 0 Å². The molecule has 1 unspecified atom stereocenters. The molecule has 0 saturated carbocycles. The van der Waals surface area contributed by atoms with Crippen LogP contribution in [0.3, 0.4) is 0 Å². The van der Waals surface area contributed by atoms with E-state index < -0.39 is 6.04 Å². The van der Waals surface area contributed by atoms with Gasteiger partial charge in [0.05, 0.1) is 6.04 Å². The number of nitrogens with one attached hydrogen (secondary N) is 1. The monoisotopic (exact) mass is 349 g/mol. The fourth-order valence-corrected chi connectivity index (χ4v) is 2.98. The molecule has 0 bridgehead atoms. The summed E-state index contributed by atoms with van der Waals surface area (Å²) in [6.45, 7) is 9.28. The first-order chi connectivity index (χ1) is 12.1. The molecule has 1 aromatic carbocycles. The maximum Gasteiger partial charge on any atom is 0.241 e. The topological polar surface area (TPSA) is 76.8 Å². The Balaban J connectivity index is 1.78. The molecule has 1 aliphatic heterocycles. The lowest BCUT2D eigenvalue weighted by Crippen LogP contribution is -2.43. The molecule has 6 heteroatoms. The third kappa shape index (κ3) is 6.30. The second-order valence-electron chi connectivity index (χ2n) is 6.36. The molecule has 6 nitrogen and oxygen atoms in total. The van der Waals surface area contributed by atoms with Gasteiger partial charge in [-0.2, -0.15) is 0 Å². The normalized spacial score (nSPS) is 16.6. The highest BCUT2D eigenvalue weighted by Crippen LogP contribution is 2.20. The minimum atomic E-state index is -0.492. The van der Waals surface area contributed by atoms with Crippen LogP contribution in [-0.4, -0.2) is 56.3 Å². The highest BCUT2D eigenvalue weighted by atomic mass is 16.5. The third-order valence-corrected chi connectivity index (χ3v) is 4.77. The molecule has 0 radical (unpaired) electrons. The number of benzene rings is 1. The van der Waals surface area contributed by atoms with Crippen molar-refractivity contribution in [2.45, 2.75) is 32.7 Å². The van der Waals surface area contributed by atoms with Crippen LogP contribution in [0.5, 0.6) is 5.75 Å². The summed E-state index contributed by atoms with van der Waals surface area (Å²) in [6, 6.07) is 6.95. The van der Waals surface area contributed by atoms with E-state index >= 15 is 0 Å². The zero-order chi connectivity index (χ0) is 18.1. The lowest BCUT2D eigenvalue weighted by atomic mass is 9.92. The van der Waals surface area contributed by atoms with Crippen LogP contribution in [0, 0.1) is 5.92 Å². The lowest BCUT2D eigenvalue weighted by Gasteiger charge is -2.26. The summed E-state index contributed by atoms with van der Waals surface area (Å²) in [5.74, 6) is 0.859. The van der Waals surface area contributed by atoms with Crippen molar-refractivity contribution >= 4 is 11.6 Å². The van der Waals surface area contributed by atoms with E-state index in [4.69, 9.17) is 15.2 Å². The molecular weight excluding hydrogens is 318 g/mol.